The van der Waals surface area contributed by atoms with Crippen molar-refractivity contribution in [2.24, 2.45) is 5.92 Å². The first-order valence-electron chi connectivity index (χ1n) is 6.80. The van der Waals surface area contributed by atoms with E-state index < -0.39 is 17.7 Å². The first kappa shape index (κ1) is 16.3. The van der Waals surface area contributed by atoms with Crippen LogP contribution in [0.4, 0.5) is 13.2 Å². The van der Waals surface area contributed by atoms with Gasteiger partial charge in [0.1, 0.15) is 0 Å². The monoisotopic (exact) mass is 281 g/mol. The number of likely N-dealkylation sites (N-methyl/N-ethyl adjacent to an activating group) is 1. The van der Waals surface area contributed by atoms with Gasteiger partial charge in [-0.2, -0.15) is 13.2 Å². The number of hydrogen-bond donors (Lipinski definition) is 1. The normalized spacial score (nSPS) is 28.8. The van der Waals surface area contributed by atoms with Gasteiger partial charge in [0, 0.05) is 13.7 Å². The topological polar surface area (TPSA) is 38.3 Å². The van der Waals surface area contributed by atoms with E-state index in [0.717, 1.165) is 12.8 Å². The van der Waals surface area contributed by atoms with Crippen molar-refractivity contribution >= 4 is 5.91 Å². The molecule has 19 heavy (non-hydrogen) atoms. The molecule has 1 aliphatic heterocycles. The molecular weight excluding hydrogens is 259 g/mol. The fourth-order valence-electron chi connectivity index (χ4n) is 2.61. The summed E-state index contributed by atoms with van der Waals surface area (Å²) in [7, 11) is 1.21. The van der Waals surface area contributed by atoms with Crippen LogP contribution in [0.25, 0.3) is 0 Å². The molecule has 1 N–H and O–H groups in total. The zero-order valence-electron chi connectivity index (χ0n) is 11.5. The van der Waals surface area contributed by atoms with Crippen LogP contribution < -0.4 is 5.32 Å². The lowest BCUT2D eigenvalue weighted by atomic mass is 9.84. The Hall–Kier alpha value is -0.780. The lowest BCUT2D eigenvalue weighted by Crippen LogP contribution is -2.58. The standard InChI is InChI=1S/C13H22F3NO2/c1-3-4-6-10-7-5-8-19-12(9-10,11(18)17-2)13(14,15)16/h10H,3-9H2,1-2H3,(H,17,18)/t10-,12-/m0/s1. The molecule has 0 aliphatic carbocycles. The first-order valence-corrected chi connectivity index (χ1v) is 6.80. The Morgan fingerprint density at radius 1 is 1.47 bits per heavy atom. The summed E-state index contributed by atoms with van der Waals surface area (Å²) in [6.07, 6.45) is -1.15. The highest BCUT2D eigenvalue weighted by Crippen LogP contribution is 2.42. The molecule has 0 radical (unpaired) electrons. The zero-order valence-corrected chi connectivity index (χ0v) is 11.5. The number of halogens is 3. The van der Waals surface area contributed by atoms with Gasteiger partial charge in [0.2, 0.25) is 5.60 Å². The van der Waals surface area contributed by atoms with E-state index in [4.69, 9.17) is 4.74 Å². The number of carbonyl (C=O) groups is 1. The highest BCUT2D eigenvalue weighted by atomic mass is 19.4. The van der Waals surface area contributed by atoms with Crippen LogP contribution in [0.2, 0.25) is 0 Å². The molecule has 0 spiro atoms. The molecule has 1 saturated heterocycles. The maximum Gasteiger partial charge on any atom is 0.426 e. The number of carbonyl (C=O) groups excluding carboxylic acids is 1. The van der Waals surface area contributed by atoms with Crippen molar-refractivity contribution in [2.45, 2.75) is 57.2 Å². The van der Waals surface area contributed by atoms with Crippen LogP contribution in [0.1, 0.15) is 45.4 Å². The van der Waals surface area contributed by atoms with Crippen molar-refractivity contribution in [3.8, 4) is 0 Å². The van der Waals surface area contributed by atoms with Crippen LogP contribution in [-0.2, 0) is 9.53 Å². The molecule has 0 aromatic heterocycles. The van der Waals surface area contributed by atoms with Crippen molar-refractivity contribution in [3.05, 3.63) is 0 Å². The van der Waals surface area contributed by atoms with E-state index in [1.807, 2.05) is 6.92 Å². The summed E-state index contributed by atoms with van der Waals surface area (Å²) < 4.78 is 45.0. The van der Waals surface area contributed by atoms with Crippen LogP contribution >= 0.6 is 0 Å². The predicted molar refractivity (Wildman–Crippen MR) is 65.7 cm³/mol. The Bertz CT molecular complexity index is 307. The SMILES string of the molecule is CCCC[C@H]1CCCO[C@@](C(=O)NC)(C(F)(F)F)C1. The summed E-state index contributed by atoms with van der Waals surface area (Å²) in [6, 6.07) is 0. The molecular formula is C13H22F3NO2. The van der Waals surface area contributed by atoms with Gasteiger partial charge in [-0.25, -0.2) is 0 Å². The summed E-state index contributed by atoms with van der Waals surface area (Å²) in [6.45, 7) is 1.98. The Morgan fingerprint density at radius 2 is 2.16 bits per heavy atom. The van der Waals surface area contributed by atoms with Crippen LogP contribution in [-0.4, -0.2) is 31.3 Å². The van der Waals surface area contributed by atoms with E-state index in [-0.39, 0.29) is 18.9 Å². The molecule has 0 aromatic carbocycles. The fraction of sp³-hybridized carbons (Fsp3) is 0.923. The molecule has 0 aromatic rings. The fourth-order valence-corrected chi connectivity index (χ4v) is 2.61. The molecule has 0 bridgehead atoms. The minimum Gasteiger partial charge on any atom is -0.357 e. The first-order chi connectivity index (χ1) is 8.87. The maximum absolute atomic E-state index is 13.3. The molecule has 6 heteroatoms. The quantitative estimate of drug-likeness (QED) is 0.860. The van der Waals surface area contributed by atoms with Gasteiger partial charge < -0.3 is 10.1 Å². The average Bonchev–Trinajstić information content (AvgIpc) is 2.58. The number of nitrogens with one attached hydrogen (secondary N) is 1. The molecule has 1 aliphatic rings. The summed E-state index contributed by atoms with van der Waals surface area (Å²) in [5.41, 5.74) is -2.67. The largest absolute Gasteiger partial charge is 0.426 e. The van der Waals surface area contributed by atoms with Gasteiger partial charge >= 0.3 is 6.18 Å². The minimum atomic E-state index is -4.68. The van der Waals surface area contributed by atoms with E-state index in [9.17, 15) is 18.0 Å². The second-order valence-electron chi connectivity index (χ2n) is 5.11. The Kier molecular flexibility index (Phi) is 5.64. The molecule has 112 valence electrons. The van der Waals surface area contributed by atoms with E-state index in [1.165, 1.54) is 7.05 Å². The highest BCUT2D eigenvalue weighted by Gasteiger charge is 2.62. The van der Waals surface area contributed by atoms with Crippen LogP contribution in [0.15, 0.2) is 0 Å². The Balaban J connectivity index is 2.96. The second kappa shape index (κ2) is 6.59. The lowest BCUT2D eigenvalue weighted by molar-refractivity contribution is -0.269. The van der Waals surface area contributed by atoms with Gasteiger partial charge in [0.05, 0.1) is 0 Å². The highest BCUT2D eigenvalue weighted by molar-refractivity contribution is 5.86. The van der Waals surface area contributed by atoms with Crippen molar-refractivity contribution in [3.63, 3.8) is 0 Å². The average molecular weight is 281 g/mol. The number of alkyl halides is 3. The zero-order chi connectivity index (χ0) is 14.5. The number of amides is 1. The van der Waals surface area contributed by atoms with Crippen molar-refractivity contribution in [1.82, 2.24) is 5.32 Å². The molecule has 1 rings (SSSR count). The predicted octanol–water partition coefficient (Wildman–Crippen LogP) is 3.04. The van der Waals surface area contributed by atoms with E-state index in [2.05, 4.69) is 5.32 Å². The van der Waals surface area contributed by atoms with Gasteiger partial charge in [-0.3, -0.25) is 4.79 Å². The molecule has 2 atom stereocenters. The Labute approximate surface area is 111 Å². The molecule has 0 saturated carbocycles. The van der Waals surface area contributed by atoms with Crippen LogP contribution in [0.5, 0.6) is 0 Å². The third-order valence-corrected chi connectivity index (χ3v) is 3.70. The summed E-state index contributed by atoms with van der Waals surface area (Å²) in [5, 5.41) is 2.10. The molecule has 1 fully saturated rings. The van der Waals surface area contributed by atoms with Crippen molar-refractivity contribution in [2.75, 3.05) is 13.7 Å². The van der Waals surface area contributed by atoms with Gasteiger partial charge in [0.15, 0.2) is 0 Å². The van der Waals surface area contributed by atoms with Gasteiger partial charge in [-0.15, -0.1) is 0 Å². The van der Waals surface area contributed by atoms with Crippen LogP contribution in [0, 0.1) is 5.92 Å². The molecule has 0 unspecified atom stereocenters. The minimum absolute atomic E-state index is 0.0183. The van der Waals surface area contributed by atoms with Crippen LogP contribution in [0.3, 0.4) is 0 Å². The van der Waals surface area contributed by atoms with Gasteiger partial charge in [0.25, 0.3) is 5.91 Å². The van der Waals surface area contributed by atoms with E-state index in [0.29, 0.717) is 19.3 Å². The van der Waals surface area contributed by atoms with Crippen molar-refractivity contribution < 1.29 is 22.7 Å². The smallest absolute Gasteiger partial charge is 0.357 e. The third kappa shape index (κ3) is 3.61. The number of rotatable bonds is 4. The van der Waals surface area contributed by atoms with E-state index in [1.54, 1.807) is 0 Å². The summed E-state index contributed by atoms with van der Waals surface area (Å²) in [4.78, 5) is 11.8. The maximum atomic E-state index is 13.3. The molecule has 1 amide bonds. The number of unbranched alkanes of at least 4 members (excludes halogenated alkanes) is 1. The Morgan fingerprint density at radius 3 is 2.68 bits per heavy atom. The molecule has 1 heterocycles. The van der Waals surface area contributed by atoms with Crippen molar-refractivity contribution in [1.29, 1.82) is 0 Å². The lowest BCUT2D eigenvalue weighted by Gasteiger charge is -2.34. The summed E-state index contributed by atoms with van der Waals surface area (Å²) >= 11 is 0. The number of ether oxygens (including phenoxy) is 1. The number of hydrogen-bond acceptors (Lipinski definition) is 2. The third-order valence-electron chi connectivity index (χ3n) is 3.70. The summed E-state index contributed by atoms with van der Waals surface area (Å²) in [5.74, 6) is -1.19. The van der Waals surface area contributed by atoms with E-state index >= 15 is 0 Å². The molecule has 3 nitrogen and oxygen atoms in total. The second-order valence-corrected chi connectivity index (χ2v) is 5.11. The van der Waals surface area contributed by atoms with Gasteiger partial charge in [-0.1, -0.05) is 26.2 Å². The van der Waals surface area contributed by atoms with Gasteiger partial charge in [-0.05, 0) is 25.2 Å².